The molecule has 0 amide bonds. The van der Waals surface area contributed by atoms with E-state index in [2.05, 4.69) is 35.7 Å². The van der Waals surface area contributed by atoms with E-state index in [1.54, 1.807) is 46.0 Å². The summed E-state index contributed by atoms with van der Waals surface area (Å²) in [4.78, 5) is 20.4. The molecule has 0 aliphatic rings. The predicted octanol–water partition coefficient (Wildman–Crippen LogP) is 2.88. The minimum atomic E-state index is -4.17. The number of nitrogens with zero attached hydrogens (tertiary/aromatic N) is 4. The van der Waals surface area contributed by atoms with Crippen LogP contribution < -0.4 is 9.46 Å². The first-order chi connectivity index (χ1) is 14.0. The third-order valence-corrected chi connectivity index (χ3v) is 5.98. The highest BCUT2D eigenvalue weighted by molar-refractivity contribution is 9.10. The number of nitrogens with one attached hydrogen (secondary N) is 1. The molecule has 1 N–H and O–H groups in total. The van der Waals surface area contributed by atoms with Crippen LogP contribution in [-0.2, 0) is 14.8 Å². The Labute approximate surface area is 181 Å². The van der Waals surface area contributed by atoms with Crippen molar-refractivity contribution in [3.8, 4) is 5.88 Å². The van der Waals surface area contributed by atoms with Gasteiger partial charge in [0.05, 0.1) is 28.9 Å². The zero-order chi connectivity index (χ0) is 22.2. The largest absolute Gasteiger partial charge is 0.481 e. The quantitative estimate of drug-likeness (QED) is 0.515. The van der Waals surface area contributed by atoms with Gasteiger partial charge in [-0.3, -0.25) is 4.72 Å². The van der Waals surface area contributed by atoms with Crippen LogP contribution >= 0.6 is 15.9 Å². The number of carbonyl (C=O) groups excluding carboxylic acids is 1. The summed E-state index contributed by atoms with van der Waals surface area (Å²) in [5, 5.41) is 3.53. The van der Waals surface area contributed by atoms with Gasteiger partial charge in [-0.05, 0) is 55.3 Å². The van der Waals surface area contributed by atoms with Crippen LogP contribution in [-0.4, -0.2) is 47.2 Å². The molecule has 12 heteroatoms. The van der Waals surface area contributed by atoms with Gasteiger partial charge in [-0.25, -0.2) is 9.31 Å². The number of carbonyl (C=O) groups is 1. The Kier molecular flexibility index (Phi) is 5.99. The summed E-state index contributed by atoms with van der Waals surface area (Å²) in [5.74, 6) is -0.181. The molecule has 1 aromatic carbocycles. The molecular formula is C18H20BrN5O5S. The van der Waals surface area contributed by atoms with Crippen LogP contribution in [0.25, 0.3) is 5.78 Å². The van der Waals surface area contributed by atoms with E-state index in [4.69, 9.17) is 9.47 Å². The summed E-state index contributed by atoms with van der Waals surface area (Å²) < 4.78 is 40.2. The van der Waals surface area contributed by atoms with E-state index in [0.717, 1.165) is 0 Å². The van der Waals surface area contributed by atoms with E-state index in [0.29, 0.717) is 17.0 Å². The van der Waals surface area contributed by atoms with Gasteiger partial charge in [0, 0.05) is 11.8 Å². The number of hydrogen-bond donors (Lipinski definition) is 1. The first kappa shape index (κ1) is 22.0. The highest BCUT2D eigenvalue weighted by Crippen LogP contribution is 2.32. The standard InChI is InChI=1S/C18H20BrN5O5S/c1-9(2)29-16(25)12-7-6-10(3)14(13(12)19)23-30(26,27)18-21-17-20-15(28-5)11(4)8-24(17)22-18/h6-9,23H,1-5H3. The molecule has 0 aliphatic heterocycles. The van der Waals surface area contributed by atoms with Crippen LogP contribution in [0, 0.1) is 13.8 Å². The zero-order valence-corrected chi connectivity index (χ0v) is 19.3. The summed E-state index contributed by atoms with van der Waals surface area (Å²) in [6, 6.07) is 3.18. The lowest BCUT2D eigenvalue weighted by atomic mass is 10.1. The number of sulfonamides is 1. The molecule has 0 fully saturated rings. The molecule has 0 spiro atoms. The highest BCUT2D eigenvalue weighted by Gasteiger charge is 2.25. The molecule has 0 saturated carbocycles. The molecule has 3 rings (SSSR count). The van der Waals surface area contributed by atoms with Gasteiger partial charge in [0.1, 0.15) is 0 Å². The van der Waals surface area contributed by atoms with Crippen molar-refractivity contribution < 1.29 is 22.7 Å². The van der Waals surface area contributed by atoms with Gasteiger partial charge in [-0.15, -0.1) is 5.10 Å². The molecule has 30 heavy (non-hydrogen) atoms. The average Bonchev–Trinajstić information content (AvgIpc) is 3.07. The van der Waals surface area contributed by atoms with Gasteiger partial charge in [0.15, 0.2) is 0 Å². The molecule has 3 aromatic rings. The molecule has 2 aromatic heterocycles. The number of esters is 1. The van der Waals surface area contributed by atoms with E-state index >= 15 is 0 Å². The Morgan fingerprint density at radius 3 is 2.53 bits per heavy atom. The monoisotopic (exact) mass is 497 g/mol. The van der Waals surface area contributed by atoms with Crippen LogP contribution in [0.4, 0.5) is 5.69 Å². The summed E-state index contributed by atoms with van der Waals surface area (Å²) in [5.41, 5.74) is 1.64. The first-order valence-corrected chi connectivity index (χ1v) is 11.1. The lowest BCUT2D eigenvalue weighted by Gasteiger charge is -2.15. The van der Waals surface area contributed by atoms with Gasteiger partial charge < -0.3 is 9.47 Å². The van der Waals surface area contributed by atoms with E-state index in [9.17, 15) is 13.2 Å². The van der Waals surface area contributed by atoms with Crippen LogP contribution in [0.3, 0.4) is 0 Å². The van der Waals surface area contributed by atoms with Crippen molar-refractivity contribution in [3.63, 3.8) is 0 Å². The van der Waals surface area contributed by atoms with Gasteiger partial charge in [0.2, 0.25) is 5.88 Å². The number of ether oxygens (including phenoxy) is 2. The maximum Gasteiger partial charge on any atom is 0.339 e. The third kappa shape index (κ3) is 4.24. The molecule has 0 aliphatic carbocycles. The number of fused-ring (bicyclic) bond motifs is 1. The molecule has 10 nitrogen and oxygen atoms in total. The second-order valence-corrected chi connectivity index (χ2v) is 9.12. The van der Waals surface area contributed by atoms with Crippen molar-refractivity contribution >= 4 is 43.4 Å². The Morgan fingerprint density at radius 1 is 1.20 bits per heavy atom. The topological polar surface area (TPSA) is 125 Å². The third-order valence-electron chi connectivity index (χ3n) is 4.03. The van der Waals surface area contributed by atoms with Crippen LogP contribution in [0.1, 0.15) is 35.3 Å². The van der Waals surface area contributed by atoms with Gasteiger partial charge in [-0.2, -0.15) is 18.4 Å². The van der Waals surface area contributed by atoms with Gasteiger partial charge in [0.25, 0.3) is 21.0 Å². The maximum absolute atomic E-state index is 12.9. The summed E-state index contributed by atoms with van der Waals surface area (Å²) in [6.07, 6.45) is 1.25. The molecular weight excluding hydrogens is 478 g/mol. The lowest BCUT2D eigenvalue weighted by molar-refractivity contribution is 0.0377. The van der Waals surface area contributed by atoms with E-state index in [1.165, 1.54) is 11.6 Å². The zero-order valence-electron chi connectivity index (χ0n) is 16.9. The minimum Gasteiger partial charge on any atom is -0.481 e. The Balaban J connectivity index is 2.01. The molecule has 2 heterocycles. The number of aryl methyl sites for hydroxylation is 2. The predicted molar refractivity (Wildman–Crippen MR) is 112 cm³/mol. The number of halogens is 1. The Morgan fingerprint density at radius 2 is 1.90 bits per heavy atom. The molecule has 0 radical (unpaired) electrons. The number of benzene rings is 1. The number of methoxy groups -OCH3 is 1. The summed E-state index contributed by atoms with van der Waals surface area (Å²) >= 11 is 3.31. The smallest absolute Gasteiger partial charge is 0.339 e. The number of hydrogen-bond acceptors (Lipinski definition) is 8. The van der Waals surface area contributed by atoms with Gasteiger partial charge in [-0.1, -0.05) is 6.07 Å². The molecule has 0 bridgehead atoms. The Bertz CT molecular complexity index is 1240. The molecule has 0 saturated heterocycles. The van der Waals surface area contributed by atoms with Crippen molar-refractivity contribution in [2.45, 2.75) is 39.0 Å². The highest BCUT2D eigenvalue weighted by atomic mass is 79.9. The normalized spacial score (nSPS) is 11.7. The number of aromatic nitrogens is 4. The molecule has 0 atom stereocenters. The number of rotatable bonds is 6. The second-order valence-electron chi connectivity index (χ2n) is 6.75. The van der Waals surface area contributed by atoms with Crippen molar-refractivity contribution in [3.05, 3.63) is 39.5 Å². The van der Waals surface area contributed by atoms with Crippen LogP contribution in [0.2, 0.25) is 0 Å². The Hall–Kier alpha value is -2.73. The summed E-state index contributed by atoms with van der Waals surface area (Å²) in [7, 11) is -2.72. The number of anilines is 1. The molecule has 0 unspecified atom stereocenters. The van der Waals surface area contributed by atoms with Gasteiger partial charge >= 0.3 is 5.97 Å². The molecule has 160 valence electrons. The van der Waals surface area contributed by atoms with E-state index in [1.807, 2.05) is 0 Å². The maximum atomic E-state index is 12.9. The van der Waals surface area contributed by atoms with Crippen molar-refractivity contribution in [2.24, 2.45) is 0 Å². The fraction of sp³-hybridized carbons (Fsp3) is 0.333. The first-order valence-electron chi connectivity index (χ1n) is 8.84. The van der Waals surface area contributed by atoms with Crippen LogP contribution in [0.5, 0.6) is 5.88 Å². The minimum absolute atomic E-state index is 0.0721. The SMILES string of the molecule is COc1nc2nc(S(=O)(=O)Nc3c(C)ccc(C(=O)OC(C)C)c3Br)nn2cc1C. The fourth-order valence-corrected chi connectivity index (χ4v) is 4.47. The lowest BCUT2D eigenvalue weighted by Crippen LogP contribution is -2.18. The van der Waals surface area contributed by atoms with Crippen molar-refractivity contribution in [2.75, 3.05) is 11.8 Å². The van der Waals surface area contributed by atoms with Crippen molar-refractivity contribution in [1.29, 1.82) is 0 Å². The summed E-state index contributed by atoms with van der Waals surface area (Å²) in [6.45, 7) is 6.90. The second kappa shape index (κ2) is 8.19. The van der Waals surface area contributed by atoms with Crippen LogP contribution in [0.15, 0.2) is 28.0 Å². The van der Waals surface area contributed by atoms with E-state index < -0.39 is 21.1 Å². The van der Waals surface area contributed by atoms with E-state index in [-0.39, 0.29) is 27.6 Å². The fourth-order valence-electron chi connectivity index (χ4n) is 2.61. The van der Waals surface area contributed by atoms with Crippen molar-refractivity contribution in [1.82, 2.24) is 19.6 Å². The average molecular weight is 498 g/mol.